The third-order valence-corrected chi connectivity index (χ3v) is 5.78. The Balaban J connectivity index is 1.44. The summed E-state index contributed by atoms with van der Waals surface area (Å²) in [6.45, 7) is 5.08. The Bertz CT molecular complexity index is 925. The fraction of sp³-hybridized carbons (Fsp3) is 0.385. The lowest BCUT2D eigenvalue weighted by atomic mass is 9.84. The van der Waals surface area contributed by atoms with Gasteiger partial charge in [0.1, 0.15) is 19.0 Å². The molecule has 2 N–H and O–H groups in total. The number of hydrazone groups is 1. The number of thiocarbonyl (C=S) groups is 1. The largest absolute Gasteiger partial charge is 0.493 e. The van der Waals surface area contributed by atoms with E-state index in [0.717, 1.165) is 11.3 Å². The van der Waals surface area contributed by atoms with Crippen molar-refractivity contribution in [3.63, 3.8) is 0 Å². The van der Waals surface area contributed by atoms with E-state index < -0.39 is 0 Å². The highest BCUT2D eigenvalue weighted by atomic mass is 32.1. The zero-order valence-electron chi connectivity index (χ0n) is 19.2. The van der Waals surface area contributed by atoms with Crippen molar-refractivity contribution in [3.8, 4) is 17.2 Å². The lowest BCUT2D eigenvalue weighted by Crippen LogP contribution is -2.31. The van der Waals surface area contributed by atoms with E-state index >= 15 is 0 Å². The molecule has 2 aromatic rings. The minimum Gasteiger partial charge on any atom is -0.493 e. The second-order valence-electron chi connectivity index (χ2n) is 7.88. The van der Waals surface area contributed by atoms with Gasteiger partial charge in [-0.15, -0.1) is 6.58 Å². The van der Waals surface area contributed by atoms with Crippen LogP contribution in [0, 0.1) is 0 Å². The van der Waals surface area contributed by atoms with Gasteiger partial charge in [0.25, 0.3) is 0 Å². The SMILES string of the molecule is C=CCNC(=S)N/N=C\c1ccc(OCCOc2ccc(C3CCCCC3)cc2)c(OC)c1. The third kappa shape index (κ3) is 8.09. The van der Waals surface area contributed by atoms with Crippen LogP contribution < -0.4 is 25.0 Å². The van der Waals surface area contributed by atoms with E-state index in [1.54, 1.807) is 19.4 Å². The van der Waals surface area contributed by atoms with Crippen molar-refractivity contribution < 1.29 is 14.2 Å². The molecule has 0 atom stereocenters. The average Bonchev–Trinajstić information content (AvgIpc) is 2.86. The van der Waals surface area contributed by atoms with Crippen molar-refractivity contribution in [1.29, 1.82) is 0 Å². The molecule has 7 heteroatoms. The molecule has 0 heterocycles. The fourth-order valence-corrected chi connectivity index (χ4v) is 3.97. The van der Waals surface area contributed by atoms with Crippen LogP contribution in [-0.2, 0) is 0 Å². The maximum Gasteiger partial charge on any atom is 0.187 e. The van der Waals surface area contributed by atoms with Crippen LogP contribution in [0.25, 0.3) is 0 Å². The highest BCUT2D eigenvalue weighted by Crippen LogP contribution is 2.33. The first-order chi connectivity index (χ1) is 16.2. The predicted octanol–water partition coefficient (Wildman–Crippen LogP) is 5.18. The molecular weight excluding hydrogens is 434 g/mol. The first-order valence-corrected chi connectivity index (χ1v) is 11.8. The molecule has 0 aromatic heterocycles. The standard InChI is InChI=1S/C26H33N3O3S/c1-3-15-27-26(33)29-28-19-20-9-14-24(25(18-20)30-2)32-17-16-31-23-12-10-22(11-13-23)21-7-5-4-6-8-21/h3,9-14,18-19,21H,1,4-8,15-17H2,2H3,(H2,27,29,33)/b28-19-. The summed E-state index contributed by atoms with van der Waals surface area (Å²) in [5.41, 5.74) is 5.03. The number of nitrogens with one attached hydrogen (secondary N) is 2. The number of benzene rings is 2. The number of methoxy groups -OCH3 is 1. The second-order valence-corrected chi connectivity index (χ2v) is 8.29. The quantitative estimate of drug-likeness (QED) is 0.156. The van der Waals surface area contributed by atoms with E-state index in [4.69, 9.17) is 26.4 Å². The molecule has 2 aromatic carbocycles. The van der Waals surface area contributed by atoms with Crippen molar-refractivity contribution in [3.05, 3.63) is 66.2 Å². The normalized spacial score (nSPS) is 14.0. The van der Waals surface area contributed by atoms with Gasteiger partial charge >= 0.3 is 0 Å². The minimum absolute atomic E-state index is 0.416. The second kappa shape index (κ2) is 13.5. The number of nitrogens with zero attached hydrogens (tertiary/aromatic N) is 1. The molecule has 0 amide bonds. The van der Waals surface area contributed by atoms with Gasteiger partial charge in [0.05, 0.1) is 13.3 Å². The van der Waals surface area contributed by atoms with Crippen LogP contribution in [0.4, 0.5) is 0 Å². The Hall–Kier alpha value is -3.06. The summed E-state index contributed by atoms with van der Waals surface area (Å²) in [4.78, 5) is 0. The fourth-order valence-electron chi connectivity index (χ4n) is 3.84. The van der Waals surface area contributed by atoms with Gasteiger partial charge in [0.15, 0.2) is 16.6 Å². The Morgan fingerprint density at radius 3 is 2.55 bits per heavy atom. The van der Waals surface area contributed by atoms with E-state index in [1.165, 1.54) is 37.7 Å². The zero-order valence-corrected chi connectivity index (χ0v) is 20.0. The van der Waals surface area contributed by atoms with E-state index in [9.17, 15) is 0 Å². The summed E-state index contributed by atoms with van der Waals surface area (Å²) in [5, 5.41) is 7.49. The molecule has 3 rings (SSSR count). The molecule has 0 spiro atoms. The molecule has 33 heavy (non-hydrogen) atoms. The topological polar surface area (TPSA) is 64.1 Å². The Labute approximate surface area is 202 Å². The maximum absolute atomic E-state index is 5.86. The molecule has 0 aliphatic heterocycles. The van der Waals surface area contributed by atoms with Crippen LogP contribution in [-0.4, -0.2) is 38.2 Å². The summed E-state index contributed by atoms with van der Waals surface area (Å²) < 4.78 is 17.2. The Morgan fingerprint density at radius 2 is 1.82 bits per heavy atom. The average molecular weight is 468 g/mol. The smallest absolute Gasteiger partial charge is 0.187 e. The molecule has 176 valence electrons. The number of ether oxygens (including phenoxy) is 3. The first-order valence-electron chi connectivity index (χ1n) is 11.4. The Kier molecular flexibility index (Phi) is 10.0. The Morgan fingerprint density at radius 1 is 1.06 bits per heavy atom. The lowest BCUT2D eigenvalue weighted by molar-refractivity contribution is 0.211. The molecule has 0 unspecified atom stereocenters. The summed E-state index contributed by atoms with van der Waals surface area (Å²) in [6, 6.07) is 14.1. The van der Waals surface area contributed by atoms with E-state index in [2.05, 4.69) is 46.7 Å². The molecule has 1 saturated carbocycles. The van der Waals surface area contributed by atoms with Gasteiger partial charge in [-0.3, -0.25) is 5.43 Å². The summed E-state index contributed by atoms with van der Waals surface area (Å²) >= 11 is 5.09. The van der Waals surface area contributed by atoms with Gasteiger partial charge in [-0.2, -0.15) is 5.10 Å². The van der Waals surface area contributed by atoms with Crippen molar-refractivity contribution in [1.82, 2.24) is 10.7 Å². The summed E-state index contributed by atoms with van der Waals surface area (Å²) in [6.07, 6.45) is 10.0. The highest BCUT2D eigenvalue weighted by molar-refractivity contribution is 7.80. The highest BCUT2D eigenvalue weighted by Gasteiger charge is 2.15. The molecule has 0 radical (unpaired) electrons. The van der Waals surface area contributed by atoms with Crippen LogP contribution in [0.1, 0.15) is 49.1 Å². The van der Waals surface area contributed by atoms with Crippen molar-refractivity contribution in [2.24, 2.45) is 5.10 Å². The van der Waals surface area contributed by atoms with Gasteiger partial charge in [0.2, 0.25) is 0 Å². The maximum atomic E-state index is 5.86. The molecule has 1 aliphatic carbocycles. The van der Waals surface area contributed by atoms with Gasteiger partial charge < -0.3 is 19.5 Å². The van der Waals surface area contributed by atoms with E-state index in [0.29, 0.717) is 42.3 Å². The molecule has 1 fully saturated rings. The van der Waals surface area contributed by atoms with Gasteiger partial charge in [-0.25, -0.2) is 0 Å². The monoisotopic (exact) mass is 467 g/mol. The van der Waals surface area contributed by atoms with Crippen molar-refractivity contribution in [2.45, 2.75) is 38.0 Å². The van der Waals surface area contributed by atoms with Crippen molar-refractivity contribution in [2.75, 3.05) is 26.9 Å². The summed E-state index contributed by atoms with van der Waals surface area (Å²) in [7, 11) is 1.61. The van der Waals surface area contributed by atoms with Crippen LogP contribution >= 0.6 is 12.2 Å². The molecule has 1 aliphatic rings. The van der Waals surface area contributed by atoms with E-state index in [-0.39, 0.29) is 0 Å². The predicted molar refractivity (Wildman–Crippen MR) is 138 cm³/mol. The minimum atomic E-state index is 0.416. The van der Waals surface area contributed by atoms with Crippen LogP contribution in [0.2, 0.25) is 0 Å². The van der Waals surface area contributed by atoms with E-state index in [1.807, 2.05) is 18.2 Å². The molecular formula is C26H33N3O3S. The number of hydrogen-bond acceptors (Lipinski definition) is 5. The van der Waals surface area contributed by atoms with Crippen LogP contribution in [0.3, 0.4) is 0 Å². The van der Waals surface area contributed by atoms with Gasteiger partial charge in [0, 0.05) is 6.54 Å². The van der Waals surface area contributed by atoms with Crippen molar-refractivity contribution >= 4 is 23.5 Å². The zero-order chi connectivity index (χ0) is 23.3. The lowest BCUT2D eigenvalue weighted by Gasteiger charge is -2.22. The molecule has 6 nitrogen and oxygen atoms in total. The number of rotatable bonds is 11. The van der Waals surface area contributed by atoms with Gasteiger partial charge in [-0.1, -0.05) is 37.5 Å². The first kappa shape index (κ1) is 24.6. The molecule has 0 saturated heterocycles. The summed E-state index contributed by atoms with van der Waals surface area (Å²) in [5.74, 6) is 2.85. The van der Waals surface area contributed by atoms with Gasteiger partial charge in [-0.05, 0) is 72.4 Å². The number of hydrogen-bond donors (Lipinski definition) is 2. The molecule has 0 bridgehead atoms. The van der Waals surface area contributed by atoms with Crippen LogP contribution in [0.15, 0.2) is 60.2 Å². The van der Waals surface area contributed by atoms with Crippen LogP contribution in [0.5, 0.6) is 17.2 Å². The third-order valence-electron chi connectivity index (χ3n) is 5.54.